The molecule has 0 spiro atoms. The second kappa shape index (κ2) is 5.64. The van der Waals surface area contributed by atoms with E-state index in [0.29, 0.717) is 21.3 Å². The number of nitrogens with one attached hydrogen (secondary N) is 1. The van der Waals surface area contributed by atoms with Crippen LogP contribution in [0.2, 0.25) is 10.0 Å². The Morgan fingerprint density at radius 3 is 2.47 bits per heavy atom. The highest BCUT2D eigenvalue weighted by molar-refractivity contribution is 6.44. The number of amides is 1. The molecule has 0 bridgehead atoms. The lowest BCUT2D eigenvalue weighted by Crippen LogP contribution is -2.12. The summed E-state index contributed by atoms with van der Waals surface area (Å²) in [5.74, 6) is -0.202. The molecule has 19 heavy (non-hydrogen) atoms. The van der Waals surface area contributed by atoms with Gasteiger partial charge in [-0.2, -0.15) is 0 Å². The normalized spacial score (nSPS) is 10.3. The molecule has 1 N–H and O–H groups in total. The van der Waals surface area contributed by atoms with Gasteiger partial charge in [-0.25, -0.2) is 0 Å². The standard InChI is InChI=1S/C15H13Cl2NO/c1-9-6-7-11(8-10(9)2)15(19)18-13-5-3-4-12(16)14(13)17/h3-8H,1-2H3,(H,18,19). The predicted molar refractivity (Wildman–Crippen MR) is 80.3 cm³/mol. The third-order valence-corrected chi connectivity index (χ3v) is 3.79. The van der Waals surface area contributed by atoms with Gasteiger partial charge < -0.3 is 5.32 Å². The molecule has 0 unspecified atom stereocenters. The molecule has 0 fully saturated rings. The molecule has 2 nitrogen and oxygen atoms in total. The van der Waals surface area contributed by atoms with Crippen molar-refractivity contribution in [1.82, 2.24) is 0 Å². The van der Waals surface area contributed by atoms with Crippen LogP contribution in [0.3, 0.4) is 0 Å². The molecule has 0 aliphatic carbocycles. The van der Waals surface area contributed by atoms with Gasteiger partial charge in [-0.1, -0.05) is 35.3 Å². The fraction of sp³-hybridized carbons (Fsp3) is 0.133. The van der Waals surface area contributed by atoms with E-state index >= 15 is 0 Å². The highest BCUT2D eigenvalue weighted by Crippen LogP contribution is 2.29. The average molecular weight is 294 g/mol. The van der Waals surface area contributed by atoms with Crippen molar-refractivity contribution < 1.29 is 4.79 Å². The largest absolute Gasteiger partial charge is 0.321 e. The first-order chi connectivity index (χ1) is 8.99. The zero-order valence-electron chi connectivity index (χ0n) is 10.6. The average Bonchev–Trinajstić information content (AvgIpc) is 2.38. The van der Waals surface area contributed by atoms with Crippen LogP contribution < -0.4 is 5.32 Å². The summed E-state index contributed by atoms with van der Waals surface area (Å²) in [5.41, 5.74) is 3.33. The minimum Gasteiger partial charge on any atom is -0.321 e. The molecule has 4 heteroatoms. The lowest BCUT2D eigenvalue weighted by molar-refractivity contribution is 0.102. The Morgan fingerprint density at radius 2 is 1.79 bits per heavy atom. The lowest BCUT2D eigenvalue weighted by atomic mass is 10.1. The fourth-order valence-electron chi connectivity index (χ4n) is 1.68. The number of carbonyl (C=O) groups is 1. The number of anilines is 1. The van der Waals surface area contributed by atoms with E-state index in [9.17, 15) is 4.79 Å². The summed E-state index contributed by atoms with van der Waals surface area (Å²) >= 11 is 11.9. The zero-order chi connectivity index (χ0) is 14.0. The summed E-state index contributed by atoms with van der Waals surface area (Å²) in [6.45, 7) is 3.98. The van der Waals surface area contributed by atoms with Gasteiger partial charge >= 0.3 is 0 Å². The number of hydrogen-bond acceptors (Lipinski definition) is 1. The van der Waals surface area contributed by atoms with Crippen LogP contribution >= 0.6 is 23.2 Å². The molecule has 0 saturated carbocycles. The lowest BCUT2D eigenvalue weighted by Gasteiger charge is -2.09. The monoisotopic (exact) mass is 293 g/mol. The molecule has 2 aromatic rings. The highest BCUT2D eigenvalue weighted by Gasteiger charge is 2.10. The van der Waals surface area contributed by atoms with Crippen LogP contribution in [0.4, 0.5) is 5.69 Å². The van der Waals surface area contributed by atoms with Gasteiger partial charge in [0.15, 0.2) is 0 Å². The van der Waals surface area contributed by atoms with E-state index in [1.54, 1.807) is 24.3 Å². The van der Waals surface area contributed by atoms with Crippen molar-refractivity contribution >= 4 is 34.8 Å². The number of hydrogen-bond donors (Lipinski definition) is 1. The van der Waals surface area contributed by atoms with Gasteiger partial charge in [0, 0.05) is 5.56 Å². The Labute approximate surface area is 122 Å². The minimum absolute atomic E-state index is 0.202. The molecule has 0 aromatic heterocycles. The Hall–Kier alpha value is -1.51. The zero-order valence-corrected chi connectivity index (χ0v) is 12.1. The number of benzene rings is 2. The summed E-state index contributed by atoms with van der Waals surface area (Å²) in [4.78, 5) is 12.1. The van der Waals surface area contributed by atoms with Crippen LogP contribution in [0.25, 0.3) is 0 Å². The molecule has 0 radical (unpaired) electrons. The molecular formula is C15H13Cl2NO. The molecular weight excluding hydrogens is 281 g/mol. The predicted octanol–water partition coefficient (Wildman–Crippen LogP) is 4.86. The van der Waals surface area contributed by atoms with E-state index in [0.717, 1.165) is 11.1 Å². The first-order valence-electron chi connectivity index (χ1n) is 5.81. The van der Waals surface area contributed by atoms with Crippen LogP contribution in [-0.2, 0) is 0 Å². The third kappa shape index (κ3) is 3.09. The van der Waals surface area contributed by atoms with Crippen LogP contribution in [0, 0.1) is 13.8 Å². The van der Waals surface area contributed by atoms with Crippen molar-refractivity contribution in [2.75, 3.05) is 5.32 Å². The highest BCUT2D eigenvalue weighted by atomic mass is 35.5. The summed E-state index contributed by atoms with van der Waals surface area (Å²) in [7, 11) is 0. The van der Waals surface area contributed by atoms with Gasteiger partial charge in [0.25, 0.3) is 5.91 Å². The fourth-order valence-corrected chi connectivity index (χ4v) is 2.03. The Kier molecular flexibility index (Phi) is 4.13. The third-order valence-electron chi connectivity index (χ3n) is 2.97. The van der Waals surface area contributed by atoms with E-state index in [2.05, 4.69) is 5.32 Å². The van der Waals surface area contributed by atoms with E-state index in [-0.39, 0.29) is 5.91 Å². The van der Waals surface area contributed by atoms with E-state index in [1.807, 2.05) is 26.0 Å². The molecule has 0 aliphatic rings. The van der Waals surface area contributed by atoms with Crippen molar-refractivity contribution in [3.05, 3.63) is 63.1 Å². The van der Waals surface area contributed by atoms with E-state index < -0.39 is 0 Å². The number of carbonyl (C=O) groups excluding carboxylic acids is 1. The van der Waals surface area contributed by atoms with Crippen LogP contribution in [0.15, 0.2) is 36.4 Å². The molecule has 2 rings (SSSR count). The molecule has 98 valence electrons. The van der Waals surface area contributed by atoms with Crippen molar-refractivity contribution in [3.63, 3.8) is 0 Å². The maximum atomic E-state index is 12.1. The number of halogens is 2. The minimum atomic E-state index is -0.202. The second-order valence-corrected chi connectivity index (χ2v) is 5.14. The smallest absolute Gasteiger partial charge is 0.255 e. The van der Waals surface area contributed by atoms with Crippen molar-refractivity contribution in [3.8, 4) is 0 Å². The SMILES string of the molecule is Cc1ccc(C(=O)Nc2cccc(Cl)c2Cl)cc1C. The first kappa shape index (κ1) is 13.9. The maximum absolute atomic E-state index is 12.1. The summed E-state index contributed by atoms with van der Waals surface area (Å²) in [6, 6.07) is 10.7. The molecule has 2 aromatic carbocycles. The van der Waals surface area contributed by atoms with Crippen LogP contribution in [0.1, 0.15) is 21.5 Å². The summed E-state index contributed by atoms with van der Waals surface area (Å²) in [5, 5.41) is 3.52. The van der Waals surface area contributed by atoms with Crippen molar-refractivity contribution in [2.24, 2.45) is 0 Å². The topological polar surface area (TPSA) is 29.1 Å². The molecule has 0 heterocycles. The van der Waals surface area contributed by atoms with Crippen molar-refractivity contribution in [1.29, 1.82) is 0 Å². The summed E-state index contributed by atoms with van der Waals surface area (Å²) < 4.78 is 0. The van der Waals surface area contributed by atoms with Gasteiger partial charge in [-0.15, -0.1) is 0 Å². The van der Waals surface area contributed by atoms with Gasteiger partial charge in [0.2, 0.25) is 0 Å². The number of aryl methyl sites for hydroxylation is 2. The first-order valence-corrected chi connectivity index (χ1v) is 6.57. The van der Waals surface area contributed by atoms with Crippen molar-refractivity contribution in [2.45, 2.75) is 13.8 Å². The molecule has 0 atom stereocenters. The number of rotatable bonds is 2. The van der Waals surface area contributed by atoms with Gasteiger partial charge in [-0.05, 0) is 49.2 Å². The van der Waals surface area contributed by atoms with E-state index in [1.165, 1.54) is 0 Å². The molecule has 1 amide bonds. The Balaban J connectivity index is 2.26. The van der Waals surface area contributed by atoms with Crippen LogP contribution in [0.5, 0.6) is 0 Å². The van der Waals surface area contributed by atoms with E-state index in [4.69, 9.17) is 23.2 Å². The maximum Gasteiger partial charge on any atom is 0.255 e. The second-order valence-electron chi connectivity index (χ2n) is 4.35. The van der Waals surface area contributed by atoms with Gasteiger partial charge in [0.05, 0.1) is 15.7 Å². The molecule has 0 saturated heterocycles. The quantitative estimate of drug-likeness (QED) is 0.841. The Morgan fingerprint density at radius 1 is 1.05 bits per heavy atom. The summed E-state index contributed by atoms with van der Waals surface area (Å²) in [6.07, 6.45) is 0. The van der Waals surface area contributed by atoms with Gasteiger partial charge in [-0.3, -0.25) is 4.79 Å². The Bertz CT molecular complexity index is 638. The van der Waals surface area contributed by atoms with Gasteiger partial charge in [0.1, 0.15) is 0 Å². The van der Waals surface area contributed by atoms with Crippen LogP contribution in [-0.4, -0.2) is 5.91 Å². The molecule has 0 aliphatic heterocycles.